The summed E-state index contributed by atoms with van der Waals surface area (Å²) in [5.74, 6) is -3.09. The van der Waals surface area contributed by atoms with Gasteiger partial charge in [0.15, 0.2) is 11.6 Å². The lowest BCUT2D eigenvalue weighted by atomic mass is 9.89. The lowest BCUT2D eigenvalue weighted by Crippen LogP contribution is -2.60. The van der Waals surface area contributed by atoms with E-state index in [2.05, 4.69) is 27.8 Å². The maximum absolute atomic E-state index is 14.7. The third-order valence-corrected chi connectivity index (χ3v) is 15.8. The molecule has 1 aromatic heterocycles. The van der Waals surface area contributed by atoms with E-state index in [1.165, 1.54) is 17.1 Å². The predicted molar refractivity (Wildman–Crippen MR) is 289 cm³/mol. The highest BCUT2D eigenvalue weighted by Crippen LogP contribution is 2.31. The quantitative estimate of drug-likeness (QED) is 0.0477. The number of hydrogen-bond donors (Lipinski definition) is 2. The number of carbonyl (C=O) groups is 6. The topological polar surface area (TPSA) is 195 Å². The maximum atomic E-state index is 14.7. The summed E-state index contributed by atoms with van der Waals surface area (Å²) < 4.78 is 29.0. The SMILES string of the molecule is CC[C@H](C)[C@@H]([C@@H](CC(=O)N1CCC[C@H]1[C@H](OC)[C@@H](C)C(=S)N[C@@H](Cc1ccccc1)c1nccs1)OC)N(C)C(=O)[C@@H](NC(=O)[C@H](C(C)C)N(C)C(=O)CCOCCOCCOCCC1C(=O)C=CC1=O)C(C)C. The zero-order valence-corrected chi connectivity index (χ0v) is 47.3. The van der Waals surface area contributed by atoms with Gasteiger partial charge in [0.2, 0.25) is 23.6 Å². The molecule has 1 fully saturated rings. The van der Waals surface area contributed by atoms with E-state index in [4.69, 9.17) is 35.9 Å². The van der Waals surface area contributed by atoms with E-state index in [0.29, 0.717) is 44.0 Å². The minimum Gasteiger partial charge on any atom is -0.379 e. The minimum absolute atomic E-state index is 0.0252. The Kier molecular flexibility index (Phi) is 26.4. The summed E-state index contributed by atoms with van der Waals surface area (Å²) in [7, 11) is 6.53. The number of methoxy groups -OCH3 is 2. The summed E-state index contributed by atoms with van der Waals surface area (Å²) in [5, 5.41) is 9.50. The first kappa shape index (κ1) is 62.0. The monoisotopic (exact) mass is 1070 g/mol. The second-order valence-corrected chi connectivity index (χ2v) is 21.6. The van der Waals surface area contributed by atoms with Gasteiger partial charge >= 0.3 is 0 Å². The van der Waals surface area contributed by atoms with Crippen LogP contribution in [0.1, 0.15) is 104 Å². The molecule has 412 valence electrons. The normalized spacial score (nSPS) is 18.2. The highest BCUT2D eigenvalue weighted by atomic mass is 32.1. The van der Waals surface area contributed by atoms with Crippen LogP contribution >= 0.6 is 23.6 Å². The molecule has 0 spiro atoms. The van der Waals surface area contributed by atoms with Crippen LogP contribution in [0.5, 0.6) is 0 Å². The van der Waals surface area contributed by atoms with E-state index in [9.17, 15) is 28.8 Å². The average Bonchev–Trinajstić information content (AvgIpc) is 4.17. The van der Waals surface area contributed by atoms with Gasteiger partial charge in [-0.3, -0.25) is 28.8 Å². The fourth-order valence-electron chi connectivity index (χ4n) is 10.0. The van der Waals surface area contributed by atoms with Gasteiger partial charge in [-0.25, -0.2) is 4.98 Å². The van der Waals surface area contributed by atoms with Gasteiger partial charge in [0.25, 0.3) is 0 Å². The number of aromatic nitrogens is 1. The number of benzene rings is 1. The van der Waals surface area contributed by atoms with E-state index < -0.39 is 36.1 Å². The van der Waals surface area contributed by atoms with Gasteiger partial charge in [0.1, 0.15) is 17.1 Å². The van der Waals surface area contributed by atoms with Crippen molar-refractivity contribution in [3.05, 3.63) is 64.6 Å². The molecule has 4 rings (SSSR count). The van der Waals surface area contributed by atoms with Crippen LogP contribution in [0.3, 0.4) is 0 Å². The highest BCUT2D eigenvalue weighted by Gasteiger charge is 2.43. The number of ether oxygens (including phenoxy) is 5. The van der Waals surface area contributed by atoms with Crippen molar-refractivity contribution in [2.75, 3.05) is 74.5 Å². The Hall–Kier alpha value is -4.50. The Bertz CT molecular complexity index is 2110. The third kappa shape index (κ3) is 17.8. The molecule has 1 aliphatic carbocycles. The lowest BCUT2D eigenvalue weighted by Gasteiger charge is -2.41. The Morgan fingerprint density at radius 3 is 2.05 bits per heavy atom. The fourth-order valence-corrected chi connectivity index (χ4v) is 11.0. The smallest absolute Gasteiger partial charge is 0.245 e. The molecule has 1 aromatic carbocycles. The lowest BCUT2D eigenvalue weighted by molar-refractivity contribution is -0.148. The van der Waals surface area contributed by atoms with Crippen molar-refractivity contribution in [1.29, 1.82) is 0 Å². The summed E-state index contributed by atoms with van der Waals surface area (Å²) in [6.07, 6.45) is 6.69. The van der Waals surface area contributed by atoms with Gasteiger partial charge in [-0.2, -0.15) is 0 Å². The van der Waals surface area contributed by atoms with Gasteiger partial charge in [-0.15, -0.1) is 11.3 Å². The number of thiazole rings is 1. The molecule has 0 unspecified atom stereocenters. The second kappa shape index (κ2) is 31.5. The molecule has 2 aliphatic rings. The van der Waals surface area contributed by atoms with Crippen LogP contribution < -0.4 is 10.6 Å². The van der Waals surface area contributed by atoms with E-state index in [0.717, 1.165) is 23.4 Å². The Labute approximate surface area is 449 Å². The zero-order chi connectivity index (χ0) is 54.5. The largest absolute Gasteiger partial charge is 0.379 e. The summed E-state index contributed by atoms with van der Waals surface area (Å²) >= 11 is 7.65. The zero-order valence-electron chi connectivity index (χ0n) is 45.6. The first-order valence-corrected chi connectivity index (χ1v) is 27.6. The van der Waals surface area contributed by atoms with Crippen molar-refractivity contribution in [3.63, 3.8) is 0 Å². The van der Waals surface area contributed by atoms with Crippen LogP contribution in [0.25, 0.3) is 0 Å². The Morgan fingerprint density at radius 1 is 0.851 bits per heavy atom. The van der Waals surface area contributed by atoms with Crippen LogP contribution in [0, 0.1) is 29.6 Å². The molecule has 2 N–H and O–H groups in total. The van der Waals surface area contributed by atoms with Crippen molar-refractivity contribution < 1.29 is 52.5 Å². The first-order valence-electron chi connectivity index (χ1n) is 26.3. The van der Waals surface area contributed by atoms with Crippen LogP contribution in [0.15, 0.2) is 54.1 Å². The molecule has 2 aromatic rings. The van der Waals surface area contributed by atoms with Crippen LogP contribution in [-0.4, -0.2) is 171 Å². The standard InChI is InChI=1S/C55H84N6O11S2/c1-12-37(6)50(45(68-10)34-47(65)61-25-16-19-42(61)51(69-11)38(7)53(73)57-41(54-56-24-32-74-54)33-39-17-14-13-15-18-39)60(9)55(67)48(35(2)3)58-52(66)49(36(4)5)59(8)46(64)23-27-71-29-31-72-30-28-70-26-22-40-43(62)20-21-44(40)63/h13-15,17-18,20-21,24,32,35-38,40-42,45,48-51H,12,16,19,22-23,25-31,33-34H2,1-11H3,(H,57,73)(H,58,66)/t37-,38+,41-,42-,45+,48-,49-,50-,51+/m0/s1. The molecule has 9 atom stereocenters. The molecule has 4 amide bonds. The molecule has 74 heavy (non-hydrogen) atoms. The van der Waals surface area contributed by atoms with Crippen molar-refractivity contribution in [1.82, 2.24) is 30.3 Å². The van der Waals surface area contributed by atoms with Gasteiger partial charge in [0.05, 0.1) is 87.1 Å². The minimum atomic E-state index is -0.934. The number of hydrogen-bond acceptors (Lipinski definition) is 14. The Morgan fingerprint density at radius 2 is 1.49 bits per heavy atom. The van der Waals surface area contributed by atoms with Crippen LogP contribution in [-0.2, 0) is 58.9 Å². The van der Waals surface area contributed by atoms with Crippen LogP contribution in [0.4, 0.5) is 0 Å². The van der Waals surface area contributed by atoms with Crippen LogP contribution in [0.2, 0.25) is 0 Å². The van der Waals surface area contributed by atoms with Crippen molar-refractivity contribution >= 4 is 63.7 Å². The molecule has 0 saturated carbocycles. The molecule has 0 bridgehead atoms. The van der Waals surface area contributed by atoms with Crippen molar-refractivity contribution in [3.8, 4) is 0 Å². The van der Waals surface area contributed by atoms with E-state index in [1.54, 1.807) is 50.7 Å². The summed E-state index contributed by atoms with van der Waals surface area (Å²) in [5.41, 5.74) is 1.16. The molecule has 17 nitrogen and oxygen atoms in total. The number of thiocarbonyl (C=S) groups is 1. The average molecular weight is 1070 g/mol. The number of ketones is 2. The predicted octanol–water partition coefficient (Wildman–Crippen LogP) is 6.04. The molecule has 19 heteroatoms. The molecule has 1 aliphatic heterocycles. The highest BCUT2D eigenvalue weighted by molar-refractivity contribution is 7.80. The number of nitrogens with zero attached hydrogens (tertiary/aromatic N) is 4. The maximum Gasteiger partial charge on any atom is 0.245 e. The number of carbonyl (C=O) groups excluding carboxylic acids is 6. The van der Waals surface area contributed by atoms with Gasteiger partial charge < -0.3 is 49.0 Å². The number of likely N-dealkylation sites (tertiary alicyclic amines) is 1. The van der Waals surface area contributed by atoms with Gasteiger partial charge in [-0.05, 0) is 61.2 Å². The van der Waals surface area contributed by atoms with Crippen molar-refractivity contribution in [2.24, 2.45) is 29.6 Å². The molecule has 2 heterocycles. The second-order valence-electron chi connectivity index (χ2n) is 20.2. The summed E-state index contributed by atoms with van der Waals surface area (Å²) in [6.45, 7) is 15.6. The number of allylic oxidation sites excluding steroid dienone is 2. The van der Waals surface area contributed by atoms with E-state index in [1.807, 2.05) is 76.9 Å². The fraction of sp³-hybridized carbons (Fsp3) is 0.673. The molecule has 1 saturated heterocycles. The first-order chi connectivity index (χ1) is 35.4. The number of rotatable bonds is 33. The Balaban J connectivity index is 1.33. The van der Waals surface area contributed by atoms with Crippen molar-refractivity contribution in [2.45, 2.75) is 136 Å². The van der Waals surface area contributed by atoms with Gasteiger partial charge in [-0.1, -0.05) is 97.4 Å². The van der Waals surface area contributed by atoms with E-state index >= 15 is 0 Å². The number of likely N-dealkylation sites (N-methyl/N-ethyl adjacent to an activating group) is 2. The van der Waals surface area contributed by atoms with E-state index in [-0.39, 0.29) is 110 Å². The third-order valence-electron chi connectivity index (χ3n) is 14.4. The number of nitrogens with one attached hydrogen (secondary N) is 2. The number of amides is 4. The molecular formula is C55H84N6O11S2. The van der Waals surface area contributed by atoms with Gasteiger partial charge in [0, 0.05) is 59.0 Å². The molecular weight excluding hydrogens is 985 g/mol. The summed E-state index contributed by atoms with van der Waals surface area (Å²) in [6, 6.07) is 7.53. The summed E-state index contributed by atoms with van der Waals surface area (Å²) in [4.78, 5) is 90.4. The molecule has 0 radical (unpaired) electrons.